The van der Waals surface area contributed by atoms with Crippen molar-refractivity contribution in [1.29, 1.82) is 0 Å². The van der Waals surface area contributed by atoms with Crippen molar-refractivity contribution in [2.45, 2.75) is 45.6 Å². The average Bonchev–Trinajstić information content (AvgIpc) is 2.45. The summed E-state index contributed by atoms with van der Waals surface area (Å²) < 4.78 is 0. The van der Waals surface area contributed by atoms with Gasteiger partial charge in [-0.3, -0.25) is 4.79 Å². The van der Waals surface area contributed by atoms with Crippen LogP contribution in [0.25, 0.3) is 0 Å². The van der Waals surface area contributed by atoms with Gasteiger partial charge in [-0.05, 0) is 44.7 Å². The molecule has 0 saturated carbocycles. The smallest absolute Gasteiger partial charge is 0.256 e. The number of nitrogens with zero attached hydrogens (tertiary/aromatic N) is 1. The molecule has 0 saturated heterocycles. The molecule has 2 rings (SSSR count). The third-order valence-corrected chi connectivity index (χ3v) is 4.38. The van der Waals surface area contributed by atoms with Gasteiger partial charge < -0.3 is 10.2 Å². The van der Waals surface area contributed by atoms with Crippen molar-refractivity contribution in [3.8, 4) is 0 Å². The van der Waals surface area contributed by atoms with E-state index in [2.05, 4.69) is 32.2 Å². The van der Waals surface area contributed by atoms with Crippen LogP contribution < -0.4 is 5.32 Å². The van der Waals surface area contributed by atoms with Crippen LogP contribution in [-0.4, -0.2) is 29.9 Å². The van der Waals surface area contributed by atoms with Crippen LogP contribution in [0, 0.1) is 0 Å². The van der Waals surface area contributed by atoms with Gasteiger partial charge in [-0.1, -0.05) is 19.1 Å². The molecule has 1 heterocycles. The number of para-hydroxylation sites is 1. The van der Waals surface area contributed by atoms with Crippen molar-refractivity contribution in [2.75, 3.05) is 18.9 Å². The Morgan fingerprint density at radius 3 is 2.84 bits per heavy atom. The summed E-state index contributed by atoms with van der Waals surface area (Å²) in [6.45, 7) is 7.28. The largest absolute Gasteiger partial charge is 0.384 e. The van der Waals surface area contributed by atoms with Gasteiger partial charge in [0.05, 0.1) is 11.3 Å². The van der Waals surface area contributed by atoms with E-state index in [9.17, 15) is 4.79 Å². The van der Waals surface area contributed by atoms with Crippen LogP contribution >= 0.6 is 0 Å². The van der Waals surface area contributed by atoms with E-state index in [1.807, 2.05) is 24.1 Å². The molecular weight excluding hydrogens is 236 g/mol. The molecule has 19 heavy (non-hydrogen) atoms. The van der Waals surface area contributed by atoms with Crippen LogP contribution in [0.2, 0.25) is 0 Å². The third-order valence-electron chi connectivity index (χ3n) is 4.38. The number of amides is 1. The van der Waals surface area contributed by atoms with E-state index in [1.165, 1.54) is 5.56 Å². The van der Waals surface area contributed by atoms with Crippen molar-refractivity contribution in [3.63, 3.8) is 0 Å². The summed E-state index contributed by atoms with van der Waals surface area (Å²) in [5, 5.41) is 3.39. The molecule has 0 radical (unpaired) electrons. The van der Waals surface area contributed by atoms with Gasteiger partial charge in [0.1, 0.15) is 0 Å². The van der Waals surface area contributed by atoms with E-state index in [0.29, 0.717) is 0 Å². The standard InChI is InChI=1S/C16H24N2O/c1-5-16(2,3)18(4)15(19)13-10-6-8-12-9-7-11-17-14(12)13/h6,8,10,17H,5,7,9,11H2,1-4H3. The van der Waals surface area contributed by atoms with Crippen molar-refractivity contribution < 1.29 is 4.79 Å². The van der Waals surface area contributed by atoms with Gasteiger partial charge in [-0.15, -0.1) is 0 Å². The van der Waals surface area contributed by atoms with Gasteiger partial charge >= 0.3 is 0 Å². The highest BCUT2D eigenvalue weighted by Crippen LogP contribution is 2.29. The second kappa shape index (κ2) is 5.24. The highest BCUT2D eigenvalue weighted by Gasteiger charge is 2.28. The van der Waals surface area contributed by atoms with Crippen LogP contribution in [0.15, 0.2) is 18.2 Å². The Labute approximate surface area is 116 Å². The summed E-state index contributed by atoms with van der Waals surface area (Å²) >= 11 is 0. The lowest BCUT2D eigenvalue weighted by atomic mass is 9.95. The van der Waals surface area contributed by atoms with Gasteiger partial charge in [0.15, 0.2) is 0 Å². The molecule has 1 aliphatic rings. The predicted molar refractivity (Wildman–Crippen MR) is 79.7 cm³/mol. The van der Waals surface area contributed by atoms with E-state index in [-0.39, 0.29) is 11.4 Å². The number of rotatable bonds is 3. The highest BCUT2D eigenvalue weighted by atomic mass is 16.2. The Morgan fingerprint density at radius 2 is 2.16 bits per heavy atom. The Bertz CT molecular complexity index is 480. The Kier molecular flexibility index (Phi) is 3.83. The molecular formula is C16H24N2O. The molecule has 1 aromatic rings. The second-order valence-electron chi connectivity index (χ2n) is 5.90. The normalized spacial score (nSPS) is 14.5. The molecule has 0 bridgehead atoms. The molecule has 0 aromatic heterocycles. The minimum Gasteiger partial charge on any atom is -0.384 e. The first-order chi connectivity index (χ1) is 8.97. The number of hydrogen-bond donors (Lipinski definition) is 1. The monoisotopic (exact) mass is 260 g/mol. The minimum absolute atomic E-state index is 0.109. The quantitative estimate of drug-likeness (QED) is 0.904. The van der Waals surface area contributed by atoms with Crippen LogP contribution in [0.1, 0.15) is 49.5 Å². The van der Waals surface area contributed by atoms with Crippen molar-refractivity contribution in [3.05, 3.63) is 29.3 Å². The number of nitrogens with one attached hydrogen (secondary N) is 1. The Morgan fingerprint density at radius 1 is 1.42 bits per heavy atom. The lowest BCUT2D eigenvalue weighted by Gasteiger charge is -2.35. The van der Waals surface area contributed by atoms with Crippen LogP contribution in [0.3, 0.4) is 0 Å². The molecule has 1 aromatic carbocycles. The van der Waals surface area contributed by atoms with Crippen molar-refractivity contribution in [1.82, 2.24) is 4.90 Å². The molecule has 3 heteroatoms. The molecule has 0 fully saturated rings. The molecule has 104 valence electrons. The summed E-state index contributed by atoms with van der Waals surface area (Å²) in [6, 6.07) is 6.04. The molecule has 0 atom stereocenters. The molecule has 0 unspecified atom stereocenters. The summed E-state index contributed by atoms with van der Waals surface area (Å²) in [5.41, 5.74) is 2.99. The number of anilines is 1. The molecule has 3 nitrogen and oxygen atoms in total. The zero-order valence-electron chi connectivity index (χ0n) is 12.4. The minimum atomic E-state index is -0.117. The number of aryl methyl sites for hydroxylation is 1. The maximum absolute atomic E-state index is 12.7. The summed E-state index contributed by atoms with van der Waals surface area (Å²) in [5.74, 6) is 0.109. The van der Waals surface area contributed by atoms with Crippen LogP contribution in [0.5, 0.6) is 0 Å². The number of carbonyl (C=O) groups is 1. The zero-order valence-corrected chi connectivity index (χ0v) is 12.4. The number of fused-ring (bicyclic) bond motifs is 1. The maximum atomic E-state index is 12.7. The third kappa shape index (κ3) is 2.60. The molecule has 1 amide bonds. The average molecular weight is 260 g/mol. The van der Waals surface area contributed by atoms with Gasteiger partial charge in [0.2, 0.25) is 0 Å². The van der Waals surface area contributed by atoms with Gasteiger partial charge in [-0.25, -0.2) is 0 Å². The van der Waals surface area contributed by atoms with E-state index in [0.717, 1.165) is 37.1 Å². The molecule has 1 aliphatic heterocycles. The Balaban J connectivity index is 2.34. The van der Waals surface area contributed by atoms with E-state index >= 15 is 0 Å². The number of carbonyl (C=O) groups excluding carboxylic acids is 1. The van der Waals surface area contributed by atoms with Crippen molar-refractivity contribution in [2.24, 2.45) is 0 Å². The van der Waals surface area contributed by atoms with E-state index in [1.54, 1.807) is 0 Å². The SMILES string of the molecule is CCC(C)(C)N(C)C(=O)c1cccc2c1NCCC2. The molecule has 0 spiro atoms. The fraction of sp³-hybridized carbons (Fsp3) is 0.562. The highest BCUT2D eigenvalue weighted by molar-refractivity contribution is 6.00. The maximum Gasteiger partial charge on any atom is 0.256 e. The lowest BCUT2D eigenvalue weighted by molar-refractivity contribution is 0.0621. The first-order valence-electron chi connectivity index (χ1n) is 7.11. The summed E-state index contributed by atoms with van der Waals surface area (Å²) in [6.07, 6.45) is 3.14. The van der Waals surface area contributed by atoms with Gasteiger partial charge in [0, 0.05) is 19.1 Å². The molecule has 1 N–H and O–H groups in total. The second-order valence-corrected chi connectivity index (χ2v) is 5.90. The molecule has 0 aliphatic carbocycles. The van der Waals surface area contributed by atoms with E-state index < -0.39 is 0 Å². The summed E-state index contributed by atoms with van der Waals surface area (Å²) in [4.78, 5) is 14.6. The number of hydrogen-bond acceptors (Lipinski definition) is 2. The first-order valence-corrected chi connectivity index (χ1v) is 7.11. The lowest BCUT2D eigenvalue weighted by Crippen LogP contribution is -2.44. The summed E-state index contributed by atoms with van der Waals surface area (Å²) in [7, 11) is 1.90. The van der Waals surface area contributed by atoms with Gasteiger partial charge in [0.25, 0.3) is 5.91 Å². The number of benzene rings is 1. The van der Waals surface area contributed by atoms with E-state index in [4.69, 9.17) is 0 Å². The predicted octanol–water partition coefficient (Wildman–Crippen LogP) is 3.31. The van der Waals surface area contributed by atoms with Gasteiger partial charge in [-0.2, -0.15) is 0 Å². The Hall–Kier alpha value is -1.51. The van der Waals surface area contributed by atoms with Crippen molar-refractivity contribution >= 4 is 11.6 Å². The fourth-order valence-corrected chi connectivity index (χ4v) is 2.38. The zero-order chi connectivity index (χ0) is 14.0. The van der Waals surface area contributed by atoms with Crippen LogP contribution in [0.4, 0.5) is 5.69 Å². The van der Waals surface area contributed by atoms with Crippen LogP contribution in [-0.2, 0) is 6.42 Å². The first kappa shape index (κ1) is 13.9. The topological polar surface area (TPSA) is 32.3 Å². The fourth-order valence-electron chi connectivity index (χ4n) is 2.38.